The van der Waals surface area contributed by atoms with Crippen molar-refractivity contribution in [2.45, 2.75) is 12.5 Å². The van der Waals surface area contributed by atoms with Gasteiger partial charge >= 0.3 is 6.09 Å². The molecule has 0 N–H and O–H groups in total. The van der Waals surface area contributed by atoms with Crippen LogP contribution in [-0.4, -0.2) is 12.6 Å². The number of cyclic esters (lactones) is 1. The molecule has 0 spiro atoms. The molecule has 0 bridgehead atoms. The molecule has 102 valence electrons. The highest BCUT2D eigenvalue weighted by atomic mass is 79.9. The molecule has 0 saturated carbocycles. The molecule has 20 heavy (non-hydrogen) atoms. The number of carbonyl (C=O) groups excluding carboxylic acids is 1. The van der Waals surface area contributed by atoms with Gasteiger partial charge < -0.3 is 4.74 Å². The maximum absolute atomic E-state index is 12.2. The highest BCUT2D eigenvalue weighted by Gasteiger charge is 2.29. The molecular weight excluding hydrogens is 318 g/mol. The molecule has 3 nitrogen and oxygen atoms in total. The Kier molecular flexibility index (Phi) is 3.74. The summed E-state index contributed by atoms with van der Waals surface area (Å²) in [6, 6.07) is 17.6. The Balaban J connectivity index is 1.76. The van der Waals surface area contributed by atoms with Crippen LogP contribution in [0.25, 0.3) is 0 Å². The highest BCUT2D eigenvalue weighted by molar-refractivity contribution is 9.10. The van der Waals surface area contributed by atoms with E-state index >= 15 is 0 Å². The maximum atomic E-state index is 12.2. The number of nitrogens with zero attached hydrogens (tertiary/aromatic N) is 1. The molecule has 1 saturated heterocycles. The molecule has 1 fully saturated rings. The average molecular weight is 332 g/mol. The van der Waals surface area contributed by atoms with E-state index in [1.54, 1.807) is 4.90 Å². The van der Waals surface area contributed by atoms with Gasteiger partial charge in [-0.1, -0.05) is 52.3 Å². The Hall–Kier alpha value is -1.81. The largest absolute Gasteiger partial charge is 0.441 e. The lowest BCUT2D eigenvalue weighted by molar-refractivity contribution is 0.0841. The van der Waals surface area contributed by atoms with Crippen molar-refractivity contribution in [3.05, 3.63) is 64.6 Å². The van der Waals surface area contributed by atoms with Crippen molar-refractivity contribution in [2.24, 2.45) is 0 Å². The topological polar surface area (TPSA) is 29.5 Å². The number of ether oxygens (including phenoxy) is 1. The summed E-state index contributed by atoms with van der Waals surface area (Å²) in [5.74, 6) is 0. The fraction of sp³-hybridized carbons (Fsp3) is 0.188. The lowest BCUT2D eigenvalue weighted by atomic mass is 10.1. The molecule has 1 amide bonds. The zero-order valence-corrected chi connectivity index (χ0v) is 12.4. The van der Waals surface area contributed by atoms with E-state index in [1.165, 1.54) is 0 Å². The van der Waals surface area contributed by atoms with E-state index in [4.69, 9.17) is 4.74 Å². The molecule has 2 aromatic rings. The maximum Gasteiger partial charge on any atom is 0.414 e. The molecule has 1 atom stereocenters. The molecule has 0 aliphatic carbocycles. The minimum absolute atomic E-state index is 0.146. The molecule has 1 unspecified atom stereocenters. The summed E-state index contributed by atoms with van der Waals surface area (Å²) in [5.41, 5.74) is 1.91. The van der Waals surface area contributed by atoms with Gasteiger partial charge in [0.1, 0.15) is 6.10 Å². The van der Waals surface area contributed by atoms with Gasteiger partial charge in [0, 0.05) is 23.1 Å². The summed E-state index contributed by atoms with van der Waals surface area (Å²) >= 11 is 3.42. The molecular formula is C16H14BrNO2. The van der Waals surface area contributed by atoms with Crippen LogP contribution in [0.4, 0.5) is 10.5 Å². The van der Waals surface area contributed by atoms with Crippen LogP contribution in [-0.2, 0) is 4.74 Å². The van der Waals surface area contributed by atoms with E-state index in [0.29, 0.717) is 6.54 Å². The van der Waals surface area contributed by atoms with Crippen molar-refractivity contribution in [3.8, 4) is 0 Å². The van der Waals surface area contributed by atoms with Gasteiger partial charge in [0.15, 0.2) is 0 Å². The zero-order valence-electron chi connectivity index (χ0n) is 10.8. The standard InChI is InChI=1S/C16H14BrNO2/c17-13-7-4-8-14(11-13)18-10-9-15(20-16(18)19)12-5-2-1-3-6-12/h1-8,11,15H,9-10H2. The first-order chi connectivity index (χ1) is 9.74. The third kappa shape index (κ3) is 2.70. The van der Waals surface area contributed by atoms with E-state index in [-0.39, 0.29) is 12.2 Å². The van der Waals surface area contributed by atoms with Crippen molar-refractivity contribution >= 4 is 27.7 Å². The third-order valence-corrected chi connectivity index (χ3v) is 3.86. The van der Waals surface area contributed by atoms with Crippen LogP contribution in [0.5, 0.6) is 0 Å². The second kappa shape index (κ2) is 5.67. The lowest BCUT2D eigenvalue weighted by Gasteiger charge is -2.32. The number of hydrogen-bond donors (Lipinski definition) is 0. The van der Waals surface area contributed by atoms with Crippen LogP contribution in [0.1, 0.15) is 18.1 Å². The van der Waals surface area contributed by atoms with Crippen molar-refractivity contribution in [3.63, 3.8) is 0 Å². The number of halogens is 1. The number of anilines is 1. The summed E-state index contributed by atoms with van der Waals surface area (Å²) in [5, 5.41) is 0. The van der Waals surface area contributed by atoms with Crippen LogP contribution in [0.15, 0.2) is 59.1 Å². The summed E-state index contributed by atoms with van der Waals surface area (Å²) in [7, 11) is 0. The van der Waals surface area contributed by atoms with Crippen LogP contribution in [0.2, 0.25) is 0 Å². The summed E-state index contributed by atoms with van der Waals surface area (Å²) in [6.07, 6.45) is 0.359. The van der Waals surface area contributed by atoms with Gasteiger partial charge in [-0.15, -0.1) is 0 Å². The van der Waals surface area contributed by atoms with Gasteiger partial charge in [-0.2, -0.15) is 0 Å². The Bertz CT molecular complexity index is 615. The van der Waals surface area contributed by atoms with Gasteiger partial charge in [-0.25, -0.2) is 4.79 Å². The Labute approximate surface area is 126 Å². The first-order valence-corrected chi connectivity index (χ1v) is 7.32. The second-order valence-corrected chi connectivity index (χ2v) is 5.62. The fourth-order valence-corrected chi connectivity index (χ4v) is 2.75. The van der Waals surface area contributed by atoms with Gasteiger partial charge in [0.05, 0.1) is 0 Å². The van der Waals surface area contributed by atoms with Crippen LogP contribution < -0.4 is 4.90 Å². The highest BCUT2D eigenvalue weighted by Crippen LogP contribution is 2.30. The van der Waals surface area contributed by atoms with E-state index in [2.05, 4.69) is 15.9 Å². The number of amides is 1. The van der Waals surface area contributed by atoms with Crippen LogP contribution in [0, 0.1) is 0 Å². The Morgan fingerprint density at radius 3 is 2.60 bits per heavy atom. The molecule has 1 aliphatic heterocycles. The van der Waals surface area contributed by atoms with Gasteiger partial charge in [-0.3, -0.25) is 4.90 Å². The number of hydrogen-bond acceptors (Lipinski definition) is 2. The predicted octanol–water partition coefficient (Wildman–Crippen LogP) is 4.54. The number of benzene rings is 2. The van der Waals surface area contributed by atoms with Crippen molar-refractivity contribution in [1.29, 1.82) is 0 Å². The molecule has 4 heteroatoms. The molecule has 0 radical (unpaired) electrons. The van der Waals surface area contributed by atoms with Crippen molar-refractivity contribution < 1.29 is 9.53 Å². The fourth-order valence-electron chi connectivity index (χ4n) is 2.36. The first kappa shape index (κ1) is 13.2. The SMILES string of the molecule is O=C1OC(c2ccccc2)CCN1c1cccc(Br)c1. The first-order valence-electron chi connectivity index (χ1n) is 6.53. The summed E-state index contributed by atoms with van der Waals surface area (Å²) in [6.45, 7) is 0.662. The number of rotatable bonds is 2. The number of carbonyl (C=O) groups is 1. The summed E-state index contributed by atoms with van der Waals surface area (Å²) in [4.78, 5) is 13.8. The smallest absolute Gasteiger partial charge is 0.414 e. The third-order valence-electron chi connectivity index (χ3n) is 3.37. The monoisotopic (exact) mass is 331 g/mol. The lowest BCUT2D eigenvalue weighted by Crippen LogP contribution is -2.39. The molecule has 1 aliphatic rings. The van der Waals surface area contributed by atoms with Gasteiger partial charge in [0.2, 0.25) is 0 Å². The van der Waals surface area contributed by atoms with Crippen LogP contribution in [0.3, 0.4) is 0 Å². The van der Waals surface area contributed by atoms with Gasteiger partial charge in [-0.05, 0) is 23.8 Å². The van der Waals surface area contributed by atoms with Crippen molar-refractivity contribution in [1.82, 2.24) is 0 Å². The van der Waals surface area contributed by atoms with E-state index in [9.17, 15) is 4.79 Å². The van der Waals surface area contributed by atoms with E-state index in [1.807, 2.05) is 54.6 Å². The quantitative estimate of drug-likeness (QED) is 0.808. The molecule has 1 heterocycles. The molecule has 0 aromatic heterocycles. The predicted molar refractivity (Wildman–Crippen MR) is 81.8 cm³/mol. The van der Waals surface area contributed by atoms with Gasteiger partial charge in [0.25, 0.3) is 0 Å². The van der Waals surface area contributed by atoms with E-state index in [0.717, 1.165) is 22.1 Å². The Morgan fingerprint density at radius 2 is 1.90 bits per heavy atom. The van der Waals surface area contributed by atoms with Crippen molar-refractivity contribution in [2.75, 3.05) is 11.4 Å². The average Bonchev–Trinajstić information content (AvgIpc) is 2.48. The Morgan fingerprint density at radius 1 is 1.10 bits per heavy atom. The van der Waals surface area contributed by atoms with E-state index < -0.39 is 0 Å². The van der Waals surface area contributed by atoms with Crippen LogP contribution >= 0.6 is 15.9 Å². The zero-order chi connectivity index (χ0) is 13.9. The normalized spacial score (nSPS) is 18.8. The minimum Gasteiger partial charge on any atom is -0.441 e. The summed E-state index contributed by atoms with van der Waals surface area (Å²) < 4.78 is 6.50. The minimum atomic E-state index is -0.289. The molecule has 3 rings (SSSR count). The second-order valence-electron chi connectivity index (χ2n) is 4.70. The molecule has 2 aromatic carbocycles.